The Morgan fingerprint density at radius 3 is 2.50 bits per heavy atom. The lowest BCUT2D eigenvalue weighted by Gasteiger charge is -2.31. The van der Waals surface area contributed by atoms with Crippen LogP contribution in [-0.2, 0) is 10.3 Å². The number of phenols is 1. The topological polar surface area (TPSA) is 75.3 Å². The zero-order valence-corrected chi connectivity index (χ0v) is 10.6. The van der Waals surface area contributed by atoms with Gasteiger partial charge in [-0.2, -0.15) is 0 Å². The summed E-state index contributed by atoms with van der Waals surface area (Å²) in [5.74, 6) is 0.499. The van der Waals surface area contributed by atoms with Gasteiger partial charge in [-0.05, 0) is 49.4 Å². The van der Waals surface area contributed by atoms with E-state index in [1.807, 2.05) is 6.92 Å². The minimum atomic E-state index is -0.823. The minimum Gasteiger partial charge on any atom is -0.508 e. The lowest BCUT2D eigenvalue weighted by Crippen LogP contribution is -2.52. The SMILES string of the molecule is CCC(NCC1CC1)(C(N)=O)c1ccc(O)cc1. The number of nitrogens with one attached hydrogen (secondary N) is 1. The van der Waals surface area contributed by atoms with Crippen molar-refractivity contribution in [2.45, 2.75) is 31.7 Å². The Balaban J connectivity index is 2.26. The van der Waals surface area contributed by atoms with E-state index in [0.29, 0.717) is 12.3 Å². The largest absolute Gasteiger partial charge is 0.508 e. The number of hydrogen-bond acceptors (Lipinski definition) is 3. The Morgan fingerprint density at radius 1 is 1.44 bits per heavy atom. The normalized spacial score (nSPS) is 18.3. The van der Waals surface area contributed by atoms with E-state index in [-0.39, 0.29) is 11.7 Å². The Kier molecular flexibility index (Phi) is 3.57. The minimum absolute atomic E-state index is 0.190. The number of phenolic OH excluding ortho intramolecular Hbond substituents is 1. The lowest BCUT2D eigenvalue weighted by molar-refractivity contribution is -0.125. The van der Waals surface area contributed by atoms with Crippen molar-refractivity contribution in [3.8, 4) is 5.75 Å². The summed E-state index contributed by atoms with van der Waals surface area (Å²) in [7, 11) is 0. The maximum atomic E-state index is 11.9. The van der Waals surface area contributed by atoms with Crippen LogP contribution >= 0.6 is 0 Å². The second kappa shape index (κ2) is 4.98. The molecule has 1 atom stereocenters. The molecule has 0 aromatic heterocycles. The Labute approximate surface area is 107 Å². The highest BCUT2D eigenvalue weighted by molar-refractivity contribution is 5.86. The Bertz CT molecular complexity index is 426. The predicted octanol–water partition coefficient (Wildman–Crippen LogP) is 1.48. The Morgan fingerprint density at radius 2 is 2.06 bits per heavy atom. The highest BCUT2D eigenvalue weighted by Gasteiger charge is 2.37. The highest BCUT2D eigenvalue weighted by atomic mass is 16.3. The fourth-order valence-electron chi connectivity index (χ4n) is 2.22. The first-order chi connectivity index (χ1) is 8.58. The van der Waals surface area contributed by atoms with Gasteiger partial charge >= 0.3 is 0 Å². The number of hydrogen-bond donors (Lipinski definition) is 3. The highest BCUT2D eigenvalue weighted by Crippen LogP contribution is 2.31. The maximum Gasteiger partial charge on any atom is 0.242 e. The maximum absolute atomic E-state index is 11.9. The molecule has 4 heteroatoms. The van der Waals surface area contributed by atoms with E-state index in [4.69, 9.17) is 5.73 Å². The zero-order chi connectivity index (χ0) is 13.2. The van der Waals surface area contributed by atoms with E-state index in [1.165, 1.54) is 12.8 Å². The first-order valence-corrected chi connectivity index (χ1v) is 6.43. The predicted molar refractivity (Wildman–Crippen MR) is 70.0 cm³/mol. The van der Waals surface area contributed by atoms with Crippen LogP contribution in [0.15, 0.2) is 24.3 Å². The monoisotopic (exact) mass is 248 g/mol. The molecule has 1 aliphatic rings. The number of benzene rings is 1. The van der Waals surface area contributed by atoms with Crippen molar-refractivity contribution in [1.29, 1.82) is 0 Å². The van der Waals surface area contributed by atoms with Crippen molar-refractivity contribution in [2.24, 2.45) is 11.7 Å². The van der Waals surface area contributed by atoms with Gasteiger partial charge < -0.3 is 10.8 Å². The van der Waals surface area contributed by atoms with Crippen molar-refractivity contribution >= 4 is 5.91 Å². The molecule has 1 fully saturated rings. The van der Waals surface area contributed by atoms with Crippen LogP contribution in [0.25, 0.3) is 0 Å². The molecule has 98 valence electrons. The van der Waals surface area contributed by atoms with Crippen LogP contribution in [0.1, 0.15) is 31.7 Å². The van der Waals surface area contributed by atoms with Crippen LogP contribution in [0.3, 0.4) is 0 Å². The summed E-state index contributed by atoms with van der Waals surface area (Å²) in [5.41, 5.74) is 5.59. The summed E-state index contributed by atoms with van der Waals surface area (Å²) in [6, 6.07) is 6.68. The first kappa shape index (κ1) is 12.9. The van der Waals surface area contributed by atoms with Crippen LogP contribution in [0, 0.1) is 5.92 Å². The third-order valence-electron chi connectivity index (χ3n) is 3.70. The Hall–Kier alpha value is -1.55. The van der Waals surface area contributed by atoms with Crippen molar-refractivity contribution in [3.05, 3.63) is 29.8 Å². The van der Waals surface area contributed by atoms with Gasteiger partial charge in [0.05, 0.1) is 0 Å². The summed E-state index contributed by atoms with van der Waals surface area (Å²) >= 11 is 0. The van der Waals surface area contributed by atoms with Gasteiger partial charge in [0, 0.05) is 0 Å². The van der Waals surface area contributed by atoms with E-state index >= 15 is 0 Å². The van der Waals surface area contributed by atoms with Crippen molar-refractivity contribution in [3.63, 3.8) is 0 Å². The van der Waals surface area contributed by atoms with Gasteiger partial charge in [-0.1, -0.05) is 19.1 Å². The third kappa shape index (κ3) is 2.48. The molecule has 1 aromatic rings. The summed E-state index contributed by atoms with van der Waals surface area (Å²) in [4.78, 5) is 11.9. The van der Waals surface area contributed by atoms with Gasteiger partial charge in [0.2, 0.25) is 5.91 Å². The van der Waals surface area contributed by atoms with Gasteiger partial charge in [0.1, 0.15) is 11.3 Å². The average Bonchev–Trinajstić information content (AvgIpc) is 3.16. The lowest BCUT2D eigenvalue weighted by atomic mass is 9.86. The molecule has 1 saturated carbocycles. The molecule has 0 heterocycles. The molecule has 0 saturated heterocycles. The van der Waals surface area contributed by atoms with E-state index in [9.17, 15) is 9.90 Å². The number of primary amides is 1. The second-order valence-electron chi connectivity index (χ2n) is 4.99. The van der Waals surface area contributed by atoms with Gasteiger partial charge in [0.15, 0.2) is 0 Å². The summed E-state index contributed by atoms with van der Waals surface area (Å²) in [5, 5.41) is 12.6. The molecule has 18 heavy (non-hydrogen) atoms. The van der Waals surface area contributed by atoms with Crippen LogP contribution in [0.4, 0.5) is 0 Å². The van der Waals surface area contributed by atoms with E-state index in [1.54, 1.807) is 24.3 Å². The number of rotatable bonds is 6. The van der Waals surface area contributed by atoms with Gasteiger partial charge in [0.25, 0.3) is 0 Å². The molecule has 4 N–H and O–H groups in total. The van der Waals surface area contributed by atoms with Crippen molar-refractivity contribution in [1.82, 2.24) is 5.32 Å². The van der Waals surface area contributed by atoms with Crippen molar-refractivity contribution in [2.75, 3.05) is 6.54 Å². The quantitative estimate of drug-likeness (QED) is 0.714. The number of carbonyl (C=O) groups excluding carboxylic acids is 1. The van der Waals surface area contributed by atoms with Crippen molar-refractivity contribution < 1.29 is 9.90 Å². The van der Waals surface area contributed by atoms with E-state index < -0.39 is 5.54 Å². The number of nitrogens with two attached hydrogens (primary N) is 1. The standard InChI is InChI=1S/C14H20N2O2/c1-2-14(13(15)18,16-9-10-3-4-10)11-5-7-12(17)8-6-11/h5-8,10,16-17H,2-4,9H2,1H3,(H2,15,18). The molecule has 0 radical (unpaired) electrons. The smallest absolute Gasteiger partial charge is 0.242 e. The van der Waals surface area contributed by atoms with Crippen LogP contribution in [0.2, 0.25) is 0 Å². The molecule has 2 rings (SSSR count). The molecular weight excluding hydrogens is 228 g/mol. The molecule has 4 nitrogen and oxygen atoms in total. The third-order valence-corrected chi connectivity index (χ3v) is 3.70. The second-order valence-corrected chi connectivity index (χ2v) is 4.99. The average molecular weight is 248 g/mol. The van der Waals surface area contributed by atoms with Gasteiger partial charge in [-0.15, -0.1) is 0 Å². The molecule has 1 unspecified atom stereocenters. The zero-order valence-electron chi connectivity index (χ0n) is 10.6. The molecule has 1 aromatic carbocycles. The molecular formula is C14H20N2O2. The van der Waals surface area contributed by atoms with Crippen LogP contribution in [-0.4, -0.2) is 17.6 Å². The molecule has 1 amide bonds. The fraction of sp³-hybridized carbons (Fsp3) is 0.500. The summed E-state index contributed by atoms with van der Waals surface area (Å²) < 4.78 is 0. The van der Waals surface area contributed by atoms with Crippen LogP contribution in [0.5, 0.6) is 5.75 Å². The van der Waals surface area contributed by atoms with Gasteiger partial charge in [-0.25, -0.2) is 0 Å². The molecule has 0 aliphatic heterocycles. The fourth-order valence-corrected chi connectivity index (χ4v) is 2.22. The molecule has 1 aliphatic carbocycles. The molecule has 0 bridgehead atoms. The summed E-state index contributed by atoms with van der Waals surface area (Å²) in [6.07, 6.45) is 3.04. The first-order valence-electron chi connectivity index (χ1n) is 6.43. The number of aromatic hydroxyl groups is 1. The van der Waals surface area contributed by atoms with E-state index in [2.05, 4.69) is 5.32 Å². The van der Waals surface area contributed by atoms with Crippen LogP contribution < -0.4 is 11.1 Å². The van der Waals surface area contributed by atoms with E-state index in [0.717, 1.165) is 12.1 Å². The summed E-state index contributed by atoms with van der Waals surface area (Å²) in [6.45, 7) is 2.76. The number of carbonyl (C=O) groups is 1. The number of amides is 1. The molecule has 0 spiro atoms. The van der Waals surface area contributed by atoms with Gasteiger partial charge in [-0.3, -0.25) is 10.1 Å².